The van der Waals surface area contributed by atoms with Crippen LogP contribution in [0.15, 0.2) is 60.9 Å². The predicted octanol–water partition coefficient (Wildman–Crippen LogP) is 5.17. The molecule has 0 aliphatic rings. The maximum atomic E-state index is 13.0. The minimum absolute atomic E-state index is 0. The third-order valence-electron chi connectivity index (χ3n) is 3.99. The molecular weight excluding hydrogens is 402 g/mol. The van der Waals surface area contributed by atoms with Crippen molar-refractivity contribution < 1.29 is 13.9 Å². The van der Waals surface area contributed by atoms with Gasteiger partial charge in [0.15, 0.2) is 11.5 Å². The molecule has 148 valence electrons. The zero-order valence-electron chi connectivity index (χ0n) is 15.3. The number of nitrogens with zero attached hydrogens (tertiary/aromatic N) is 1. The highest BCUT2D eigenvalue weighted by molar-refractivity contribution is 6.32. The average Bonchev–Trinajstić information content (AvgIpc) is 2.69. The molecule has 2 aromatic carbocycles. The number of halogens is 3. The zero-order valence-corrected chi connectivity index (χ0v) is 16.9. The maximum Gasteiger partial charge on any atom is 0.180 e. The van der Waals surface area contributed by atoms with Crippen LogP contribution in [-0.2, 0) is 19.7 Å². The molecule has 0 fully saturated rings. The third kappa shape index (κ3) is 6.09. The van der Waals surface area contributed by atoms with Gasteiger partial charge < -0.3 is 14.8 Å². The fourth-order valence-corrected chi connectivity index (χ4v) is 2.89. The minimum atomic E-state index is -0.280. The third-order valence-corrected chi connectivity index (χ3v) is 4.27. The number of aromatic nitrogens is 1. The molecule has 0 unspecified atom stereocenters. The Kier molecular flexibility index (Phi) is 8.51. The van der Waals surface area contributed by atoms with Gasteiger partial charge in [-0.3, -0.25) is 4.98 Å². The topological polar surface area (TPSA) is 43.4 Å². The summed E-state index contributed by atoms with van der Waals surface area (Å²) in [5.41, 5.74) is 2.99. The lowest BCUT2D eigenvalue weighted by Gasteiger charge is -2.15. The molecular formula is C21H21Cl2FN2O2. The van der Waals surface area contributed by atoms with Gasteiger partial charge in [0.25, 0.3) is 0 Å². The highest BCUT2D eigenvalue weighted by atomic mass is 35.5. The largest absolute Gasteiger partial charge is 0.493 e. The van der Waals surface area contributed by atoms with Gasteiger partial charge in [0, 0.05) is 25.5 Å². The molecule has 0 aliphatic heterocycles. The van der Waals surface area contributed by atoms with E-state index in [0.717, 1.165) is 23.2 Å². The summed E-state index contributed by atoms with van der Waals surface area (Å²) in [6.07, 6.45) is 3.54. The Morgan fingerprint density at radius 1 is 0.964 bits per heavy atom. The molecule has 7 heteroatoms. The fourth-order valence-electron chi connectivity index (χ4n) is 2.60. The molecule has 0 atom stereocenters. The Morgan fingerprint density at radius 3 is 2.32 bits per heavy atom. The lowest BCUT2D eigenvalue weighted by atomic mass is 10.2. The first kappa shape index (κ1) is 22.0. The van der Waals surface area contributed by atoms with E-state index in [1.54, 1.807) is 31.6 Å². The van der Waals surface area contributed by atoms with Crippen LogP contribution in [0.3, 0.4) is 0 Å². The molecule has 0 amide bonds. The summed E-state index contributed by atoms with van der Waals surface area (Å²) < 4.78 is 24.2. The zero-order chi connectivity index (χ0) is 19.1. The van der Waals surface area contributed by atoms with Gasteiger partial charge in [0.05, 0.1) is 12.1 Å². The van der Waals surface area contributed by atoms with Crippen LogP contribution in [0.4, 0.5) is 4.39 Å². The van der Waals surface area contributed by atoms with E-state index in [1.807, 2.05) is 24.3 Å². The second kappa shape index (κ2) is 10.9. The molecule has 1 aromatic heterocycles. The molecule has 0 spiro atoms. The predicted molar refractivity (Wildman–Crippen MR) is 111 cm³/mol. The lowest BCUT2D eigenvalue weighted by molar-refractivity contribution is 0.284. The normalized spacial score (nSPS) is 10.2. The van der Waals surface area contributed by atoms with E-state index in [9.17, 15) is 4.39 Å². The number of pyridine rings is 1. The van der Waals surface area contributed by atoms with Crippen LogP contribution in [-0.4, -0.2) is 12.1 Å². The second-order valence-electron chi connectivity index (χ2n) is 5.98. The van der Waals surface area contributed by atoms with Crippen molar-refractivity contribution in [3.05, 3.63) is 88.5 Å². The molecule has 0 radical (unpaired) electrons. The summed E-state index contributed by atoms with van der Waals surface area (Å²) in [5.74, 6) is 0.754. The summed E-state index contributed by atoms with van der Waals surface area (Å²) >= 11 is 6.40. The van der Waals surface area contributed by atoms with E-state index < -0.39 is 0 Å². The van der Waals surface area contributed by atoms with E-state index in [0.29, 0.717) is 23.1 Å². The molecule has 28 heavy (non-hydrogen) atoms. The number of hydrogen-bond donors (Lipinski definition) is 1. The van der Waals surface area contributed by atoms with Crippen molar-refractivity contribution in [3.63, 3.8) is 0 Å². The van der Waals surface area contributed by atoms with Gasteiger partial charge in [-0.2, -0.15) is 0 Å². The van der Waals surface area contributed by atoms with Crippen LogP contribution in [0.25, 0.3) is 0 Å². The monoisotopic (exact) mass is 422 g/mol. The Hall–Kier alpha value is -2.34. The van der Waals surface area contributed by atoms with Gasteiger partial charge in [0.1, 0.15) is 12.4 Å². The smallest absolute Gasteiger partial charge is 0.180 e. The molecule has 4 nitrogen and oxygen atoms in total. The molecule has 1 heterocycles. The molecule has 0 bridgehead atoms. The van der Waals surface area contributed by atoms with Gasteiger partial charge in [0.2, 0.25) is 0 Å². The number of methoxy groups -OCH3 is 1. The Bertz CT molecular complexity index is 878. The molecule has 0 aliphatic carbocycles. The van der Waals surface area contributed by atoms with Crippen LogP contribution >= 0.6 is 24.0 Å². The standard InChI is InChI=1S/C21H20ClFN2O2.ClH/c1-26-20-11-17(13-25-12-15-6-8-24-9-7-15)10-19(22)21(20)27-14-16-2-4-18(23)5-3-16;/h2-11,25H,12-14H2,1H3;1H. The minimum Gasteiger partial charge on any atom is -0.493 e. The summed E-state index contributed by atoms with van der Waals surface area (Å²) in [6, 6.07) is 13.8. The van der Waals surface area contributed by atoms with Gasteiger partial charge in [-0.15, -0.1) is 12.4 Å². The van der Waals surface area contributed by atoms with Crippen molar-refractivity contribution >= 4 is 24.0 Å². The van der Waals surface area contributed by atoms with Crippen molar-refractivity contribution in [2.45, 2.75) is 19.7 Å². The SMILES string of the molecule is COc1cc(CNCc2ccncc2)cc(Cl)c1OCc1ccc(F)cc1.Cl. The number of ether oxygens (including phenoxy) is 2. The van der Waals surface area contributed by atoms with E-state index in [4.69, 9.17) is 21.1 Å². The number of rotatable bonds is 8. The first-order chi connectivity index (χ1) is 13.2. The van der Waals surface area contributed by atoms with Gasteiger partial charge in [-0.1, -0.05) is 23.7 Å². The Morgan fingerprint density at radius 2 is 1.64 bits per heavy atom. The first-order valence-electron chi connectivity index (χ1n) is 8.49. The Labute approximate surface area is 175 Å². The van der Waals surface area contributed by atoms with E-state index in [-0.39, 0.29) is 24.8 Å². The molecule has 0 saturated heterocycles. The highest BCUT2D eigenvalue weighted by Gasteiger charge is 2.12. The second-order valence-corrected chi connectivity index (χ2v) is 6.39. The molecule has 3 rings (SSSR count). The van der Waals surface area contributed by atoms with Crippen LogP contribution in [0.5, 0.6) is 11.5 Å². The van der Waals surface area contributed by atoms with Crippen molar-refractivity contribution in [2.24, 2.45) is 0 Å². The van der Waals surface area contributed by atoms with E-state index in [1.165, 1.54) is 12.1 Å². The summed E-state index contributed by atoms with van der Waals surface area (Å²) in [4.78, 5) is 4.00. The van der Waals surface area contributed by atoms with Gasteiger partial charge in [-0.05, 0) is 53.1 Å². The van der Waals surface area contributed by atoms with Crippen molar-refractivity contribution in [1.29, 1.82) is 0 Å². The molecule has 0 saturated carbocycles. The Balaban J connectivity index is 0.00000280. The van der Waals surface area contributed by atoms with Crippen LogP contribution in [0, 0.1) is 5.82 Å². The summed E-state index contributed by atoms with van der Waals surface area (Å²) in [7, 11) is 1.57. The van der Waals surface area contributed by atoms with Crippen molar-refractivity contribution in [1.82, 2.24) is 10.3 Å². The van der Waals surface area contributed by atoms with Crippen LogP contribution in [0.2, 0.25) is 5.02 Å². The van der Waals surface area contributed by atoms with Crippen molar-refractivity contribution in [3.8, 4) is 11.5 Å². The summed E-state index contributed by atoms with van der Waals surface area (Å²) in [6.45, 7) is 1.64. The number of benzene rings is 2. The molecule has 1 N–H and O–H groups in total. The van der Waals surface area contributed by atoms with Gasteiger partial charge >= 0.3 is 0 Å². The first-order valence-corrected chi connectivity index (χ1v) is 8.87. The quantitative estimate of drug-likeness (QED) is 0.543. The summed E-state index contributed by atoms with van der Waals surface area (Å²) in [5, 5.41) is 3.83. The van der Waals surface area contributed by atoms with Crippen LogP contribution in [0.1, 0.15) is 16.7 Å². The van der Waals surface area contributed by atoms with E-state index >= 15 is 0 Å². The average molecular weight is 423 g/mol. The van der Waals surface area contributed by atoms with Gasteiger partial charge in [-0.25, -0.2) is 4.39 Å². The van der Waals surface area contributed by atoms with E-state index in [2.05, 4.69) is 10.3 Å². The fraction of sp³-hybridized carbons (Fsp3) is 0.190. The highest BCUT2D eigenvalue weighted by Crippen LogP contribution is 2.37. The van der Waals surface area contributed by atoms with Crippen molar-refractivity contribution in [2.75, 3.05) is 7.11 Å². The number of hydrogen-bond acceptors (Lipinski definition) is 4. The maximum absolute atomic E-state index is 13.0. The molecule has 3 aromatic rings. The lowest BCUT2D eigenvalue weighted by Crippen LogP contribution is -2.13. The van der Waals surface area contributed by atoms with Crippen LogP contribution < -0.4 is 14.8 Å². The number of nitrogens with one attached hydrogen (secondary N) is 1.